The van der Waals surface area contributed by atoms with Crippen LogP contribution in [0.1, 0.15) is 23.1 Å². The van der Waals surface area contributed by atoms with E-state index in [0.29, 0.717) is 12.2 Å². The van der Waals surface area contributed by atoms with E-state index in [0.717, 1.165) is 10.6 Å². The molecule has 4 rings (SSSR count). The zero-order chi connectivity index (χ0) is 17.9. The van der Waals surface area contributed by atoms with E-state index in [4.69, 9.17) is 9.15 Å². The second-order valence-corrected chi connectivity index (χ2v) is 6.66. The van der Waals surface area contributed by atoms with Gasteiger partial charge in [0.25, 0.3) is 5.91 Å². The fraction of sp³-hybridized carbons (Fsp3) is 0.158. The second kappa shape index (κ2) is 7.13. The van der Waals surface area contributed by atoms with Gasteiger partial charge in [-0.3, -0.25) is 4.79 Å². The van der Waals surface area contributed by atoms with Crippen molar-refractivity contribution in [2.45, 2.75) is 12.5 Å². The minimum absolute atomic E-state index is 0.0389. The van der Waals surface area contributed by atoms with E-state index in [-0.39, 0.29) is 24.3 Å². The van der Waals surface area contributed by atoms with Crippen LogP contribution in [-0.4, -0.2) is 23.2 Å². The first-order valence-electron chi connectivity index (χ1n) is 8.06. The van der Waals surface area contributed by atoms with Gasteiger partial charge in [-0.15, -0.1) is 11.3 Å². The molecule has 5 nitrogen and oxygen atoms in total. The molecule has 0 spiro atoms. The summed E-state index contributed by atoms with van der Waals surface area (Å²) in [6.45, 7) is -0.306. The van der Waals surface area contributed by atoms with Crippen molar-refractivity contribution in [1.82, 2.24) is 5.01 Å². The summed E-state index contributed by atoms with van der Waals surface area (Å²) in [6, 6.07) is 13.1. The number of hydrogen-bond donors (Lipinski definition) is 0. The Morgan fingerprint density at radius 3 is 2.88 bits per heavy atom. The number of thiophene rings is 1. The normalized spacial score (nSPS) is 16.6. The predicted molar refractivity (Wildman–Crippen MR) is 95.7 cm³/mol. The molecule has 0 bridgehead atoms. The van der Waals surface area contributed by atoms with Crippen molar-refractivity contribution in [2.75, 3.05) is 6.61 Å². The highest BCUT2D eigenvalue weighted by atomic mass is 32.1. The first kappa shape index (κ1) is 16.5. The molecule has 3 aromatic rings. The van der Waals surface area contributed by atoms with Crippen LogP contribution >= 0.6 is 11.3 Å². The number of hydrogen-bond acceptors (Lipinski definition) is 5. The third-order valence-electron chi connectivity index (χ3n) is 4.03. The topological polar surface area (TPSA) is 55.0 Å². The Morgan fingerprint density at radius 1 is 1.27 bits per heavy atom. The number of furan rings is 1. The van der Waals surface area contributed by atoms with Gasteiger partial charge in [0.2, 0.25) is 0 Å². The van der Waals surface area contributed by atoms with Gasteiger partial charge in [-0.1, -0.05) is 18.2 Å². The van der Waals surface area contributed by atoms with Crippen LogP contribution in [0.2, 0.25) is 0 Å². The van der Waals surface area contributed by atoms with Crippen molar-refractivity contribution in [1.29, 1.82) is 0 Å². The lowest BCUT2D eigenvalue weighted by molar-refractivity contribution is -0.135. The number of para-hydroxylation sites is 1. The monoisotopic (exact) mass is 370 g/mol. The van der Waals surface area contributed by atoms with E-state index in [1.165, 1.54) is 17.1 Å². The van der Waals surface area contributed by atoms with Crippen molar-refractivity contribution >= 4 is 23.0 Å². The predicted octanol–water partition coefficient (Wildman–Crippen LogP) is 4.24. The fourth-order valence-electron chi connectivity index (χ4n) is 2.80. The Labute approximate surface area is 153 Å². The van der Waals surface area contributed by atoms with Crippen LogP contribution in [0.5, 0.6) is 5.75 Å². The quantitative estimate of drug-likeness (QED) is 0.675. The molecule has 0 saturated heterocycles. The maximum absolute atomic E-state index is 13.7. The van der Waals surface area contributed by atoms with Crippen molar-refractivity contribution in [3.63, 3.8) is 0 Å². The Bertz CT molecular complexity index is 922. The molecule has 2 aromatic heterocycles. The van der Waals surface area contributed by atoms with E-state index >= 15 is 0 Å². The van der Waals surface area contributed by atoms with Gasteiger partial charge >= 0.3 is 0 Å². The van der Waals surface area contributed by atoms with E-state index in [9.17, 15) is 9.18 Å². The largest absolute Gasteiger partial charge is 0.481 e. The molecule has 0 fully saturated rings. The number of carbonyl (C=O) groups is 1. The van der Waals surface area contributed by atoms with E-state index in [1.807, 2.05) is 23.6 Å². The lowest BCUT2D eigenvalue weighted by atomic mass is 10.1. The molecule has 0 N–H and O–H groups in total. The molecule has 26 heavy (non-hydrogen) atoms. The van der Waals surface area contributed by atoms with Crippen molar-refractivity contribution < 1.29 is 18.3 Å². The van der Waals surface area contributed by atoms with Crippen molar-refractivity contribution in [2.24, 2.45) is 5.10 Å². The van der Waals surface area contributed by atoms with Crippen LogP contribution in [-0.2, 0) is 4.79 Å². The molecule has 0 radical (unpaired) electrons. The van der Waals surface area contributed by atoms with Gasteiger partial charge in [-0.2, -0.15) is 5.10 Å². The Hall–Kier alpha value is -2.93. The number of nitrogens with zero attached hydrogens (tertiary/aromatic N) is 2. The van der Waals surface area contributed by atoms with Crippen LogP contribution < -0.4 is 4.74 Å². The zero-order valence-corrected chi connectivity index (χ0v) is 14.5. The standard InChI is InChI=1S/C19H15FN2O3S/c20-13-5-1-2-6-16(13)25-12-19(23)22-15(17-7-3-9-24-17)11-14(21-22)18-8-4-10-26-18/h1-10,15H,11-12H2/t15-/m0/s1. The van der Waals surface area contributed by atoms with Crippen LogP contribution in [0.4, 0.5) is 4.39 Å². The van der Waals surface area contributed by atoms with Crippen molar-refractivity contribution in [3.8, 4) is 5.75 Å². The summed E-state index contributed by atoms with van der Waals surface area (Å²) in [7, 11) is 0. The SMILES string of the molecule is O=C(COc1ccccc1F)N1N=C(c2cccs2)C[C@H]1c1ccco1. The van der Waals surface area contributed by atoms with E-state index < -0.39 is 5.82 Å². The molecule has 132 valence electrons. The number of ether oxygens (including phenoxy) is 1. The van der Waals surface area contributed by atoms with Gasteiger partial charge in [0.05, 0.1) is 16.9 Å². The molecule has 7 heteroatoms. The summed E-state index contributed by atoms with van der Waals surface area (Å²) >= 11 is 1.57. The van der Waals surface area contributed by atoms with Gasteiger partial charge in [0.1, 0.15) is 11.8 Å². The van der Waals surface area contributed by atoms with Crippen molar-refractivity contribution in [3.05, 3.63) is 76.6 Å². The summed E-state index contributed by atoms with van der Waals surface area (Å²) in [4.78, 5) is 13.7. The summed E-state index contributed by atoms with van der Waals surface area (Å²) in [5.74, 6) is -0.176. The maximum Gasteiger partial charge on any atom is 0.281 e. The molecule has 3 heterocycles. The first-order chi connectivity index (χ1) is 12.7. The second-order valence-electron chi connectivity index (χ2n) is 5.72. The molecular weight excluding hydrogens is 355 g/mol. The Balaban J connectivity index is 1.54. The minimum Gasteiger partial charge on any atom is -0.481 e. The number of carbonyl (C=O) groups excluding carboxylic acids is 1. The molecule has 1 aromatic carbocycles. The summed E-state index contributed by atoms with van der Waals surface area (Å²) < 4.78 is 24.5. The number of hydrazone groups is 1. The number of amides is 1. The molecule has 1 amide bonds. The zero-order valence-electron chi connectivity index (χ0n) is 13.7. The molecule has 0 unspecified atom stereocenters. The Morgan fingerprint density at radius 2 is 2.15 bits per heavy atom. The lowest BCUT2D eigenvalue weighted by Crippen LogP contribution is -2.31. The highest BCUT2D eigenvalue weighted by molar-refractivity contribution is 7.12. The van der Waals surface area contributed by atoms with Crippen LogP contribution in [0.15, 0.2) is 69.7 Å². The van der Waals surface area contributed by atoms with Gasteiger partial charge < -0.3 is 9.15 Å². The highest BCUT2D eigenvalue weighted by Crippen LogP contribution is 2.34. The van der Waals surface area contributed by atoms with E-state index in [2.05, 4.69) is 5.10 Å². The molecular formula is C19H15FN2O3S. The number of rotatable bonds is 5. The molecule has 1 atom stereocenters. The van der Waals surface area contributed by atoms with Gasteiger partial charge in [0, 0.05) is 6.42 Å². The fourth-order valence-corrected chi connectivity index (χ4v) is 3.52. The van der Waals surface area contributed by atoms with E-state index in [1.54, 1.807) is 35.8 Å². The van der Waals surface area contributed by atoms with Crippen LogP contribution in [0.25, 0.3) is 0 Å². The van der Waals surface area contributed by atoms with Crippen LogP contribution in [0, 0.1) is 5.82 Å². The summed E-state index contributed by atoms with van der Waals surface area (Å²) in [5.41, 5.74) is 0.820. The average Bonchev–Trinajstić information content (AvgIpc) is 3.41. The summed E-state index contributed by atoms with van der Waals surface area (Å²) in [5, 5.41) is 7.81. The third-order valence-corrected chi connectivity index (χ3v) is 4.95. The number of benzene rings is 1. The lowest BCUT2D eigenvalue weighted by Gasteiger charge is -2.20. The minimum atomic E-state index is -0.507. The number of halogens is 1. The molecule has 1 aliphatic heterocycles. The van der Waals surface area contributed by atoms with Gasteiger partial charge in [0.15, 0.2) is 18.2 Å². The summed E-state index contributed by atoms with van der Waals surface area (Å²) in [6.07, 6.45) is 2.12. The smallest absolute Gasteiger partial charge is 0.281 e. The maximum atomic E-state index is 13.7. The molecule has 1 aliphatic rings. The first-order valence-corrected chi connectivity index (χ1v) is 8.94. The molecule has 0 aliphatic carbocycles. The highest BCUT2D eigenvalue weighted by Gasteiger charge is 2.35. The third kappa shape index (κ3) is 3.25. The molecule has 0 saturated carbocycles. The Kier molecular flexibility index (Phi) is 4.53. The van der Waals surface area contributed by atoms with Crippen LogP contribution in [0.3, 0.4) is 0 Å². The average molecular weight is 370 g/mol. The van der Waals surface area contributed by atoms with Gasteiger partial charge in [-0.25, -0.2) is 9.40 Å². The van der Waals surface area contributed by atoms with Gasteiger partial charge in [-0.05, 0) is 35.7 Å².